The summed E-state index contributed by atoms with van der Waals surface area (Å²) < 4.78 is 5.25. The molecule has 2 N–H and O–H groups in total. The first kappa shape index (κ1) is 17.6. The maximum atomic E-state index is 13.3. The number of carbonyl (C=O) groups is 2. The fraction of sp³-hybridized carbons (Fsp3) is 0.455. The lowest BCUT2D eigenvalue weighted by atomic mass is 9.67. The summed E-state index contributed by atoms with van der Waals surface area (Å²) in [5, 5.41) is 14.5. The van der Waals surface area contributed by atoms with Crippen LogP contribution in [0.5, 0.6) is 0 Å². The van der Waals surface area contributed by atoms with Gasteiger partial charge in [0.2, 0.25) is 5.91 Å². The molecule has 2 saturated heterocycles. The zero-order valence-corrected chi connectivity index (χ0v) is 15.8. The number of fused-ring (bicyclic) bond motifs is 4. The predicted octanol–water partition coefficient (Wildman–Crippen LogP) is 1.96. The van der Waals surface area contributed by atoms with E-state index < -0.39 is 23.0 Å². The molecular formula is C22H24N2O4. The van der Waals surface area contributed by atoms with Crippen molar-refractivity contribution in [3.8, 4) is 0 Å². The maximum Gasteiger partial charge on any atom is 0.316 e. The molecule has 1 aliphatic carbocycles. The van der Waals surface area contributed by atoms with Gasteiger partial charge in [0, 0.05) is 23.2 Å². The third-order valence-corrected chi connectivity index (χ3v) is 7.12. The minimum atomic E-state index is -1.16. The molecule has 6 heteroatoms. The molecule has 2 fully saturated rings. The Bertz CT molecular complexity index is 898. The van der Waals surface area contributed by atoms with Crippen molar-refractivity contribution in [1.29, 1.82) is 0 Å². The van der Waals surface area contributed by atoms with Gasteiger partial charge in [0.15, 0.2) is 0 Å². The van der Waals surface area contributed by atoms with Crippen LogP contribution in [-0.4, -0.2) is 47.7 Å². The molecule has 28 heavy (non-hydrogen) atoms. The minimum Gasteiger partial charge on any atom is -0.468 e. The highest BCUT2D eigenvalue weighted by atomic mass is 16.5. The van der Waals surface area contributed by atoms with E-state index >= 15 is 0 Å². The van der Waals surface area contributed by atoms with Crippen LogP contribution in [0.3, 0.4) is 0 Å². The van der Waals surface area contributed by atoms with Crippen LogP contribution in [0.15, 0.2) is 48.6 Å². The molecule has 0 bridgehead atoms. The van der Waals surface area contributed by atoms with Gasteiger partial charge in [-0.2, -0.15) is 0 Å². The summed E-state index contributed by atoms with van der Waals surface area (Å²) in [4.78, 5) is 28.7. The van der Waals surface area contributed by atoms with Crippen LogP contribution in [0.25, 0.3) is 0 Å². The van der Waals surface area contributed by atoms with Crippen molar-refractivity contribution >= 4 is 17.6 Å². The van der Waals surface area contributed by atoms with Crippen molar-refractivity contribution in [2.75, 3.05) is 19.0 Å². The van der Waals surface area contributed by atoms with E-state index in [-0.39, 0.29) is 24.3 Å². The molecule has 146 valence electrons. The van der Waals surface area contributed by atoms with Crippen LogP contribution in [-0.2, 0) is 19.9 Å². The normalized spacial score (nSPS) is 34.6. The Morgan fingerprint density at radius 1 is 1.32 bits per heavy atom. The molecule has 1 aromatic carbocycles. The zero-order chi connectivity index (χ0) is 19.5. The number of nitrogens with one attached hydrogen (secondary N) is 1. The molecule has 5 rings (SSSR count). The van der Waals surface area contributed by atoms with E-state index in [4.69, 9.17) is 4.74 Å². The smallest absolute Gasteiger partial charge is 0.316 e. The van der Waals surface area contributed by atoms with E-state index in [1.165, 1.54) is 7.11 Å². The molecule has 4 atom stereocenters. The van der Waals surface area contributed by atoms with Crippen LogP contribution in [0.4, 0.5) is 5.69 Å². The molecule has 1 aromatic rings. The molecule has 0 saturated carbocycles. The lowest BCUT2D eigenvalue weighted by Gasteiger charge is -2.38. The van der Waals surface area contributed by atoms with E-state index in [1.54, 1.807) is 0 Å². The van der Waals surface area contributed by atoms with Gasteiger partial charge in [-0.05, 0) is 31.9 Å². The number of para-hydroxylation sites is 1. The van der Waals surface area contributed by atoms with Crippen molar-refractivity contribution < 1.29 is 19.4 Å². The number of aliphatic hydroxyl groups excluding tert-OH is 1. The second-order valence-electron chi connectivity index (χ2n) is 8.21. The Morgan fingerprint density at radius 3 is 2.82 bits per heavy atom. The standard InChI is InChI=1S/C22H24N2O4/c1-28-20(27)21(18(25)14-7-2-3-8-14)13-22(24-12-6-11-17(21)24)15-9-4-5-10-16(15)23-19(22)26/h2-5,7-10,14,17-18,25H,6,11-13H2,1H3,(H,23,26)/t17?,18?,21?,22-/m0/s1. The first-order valence-electron chi connectivity index (χ1n) is 9.85. The van der Waals surface area contributed by atoms with Gasteiger partial charge in [-0.3, -0.25) is 14.5 Å². The van der Waals surface area contributed by atoms with Crippen LogP contribution in [0.2, 0.25) is 0 Å². The number of benzene rings is 1. The SMILES string of the molecule is COC(=O)C1(C(O)C2C=CC=C2)C[C@]2(C(=O)Nc3ccccc32)N2CCCC21. The molecule has 1 spiro atoms. The lowest BCUT2D eigenvalue weighted by Crippen LogP contribution is -2.52. The Balaban J connectivity index is 1.70. The van der Waals surface area contributed by atoms with E-state index in [0.717, 1.165) is 24.1 Å². The second-order valence-corrected chi connectivity index (χ2v) is 8.21. The van der Waals surface area contributed by atoms with Crippen molar-refractivity contribution in [2.24, 2.45) is 11.3 Å². The van der Waals surface area contributed by atoms with Crippen LogP contribution in [0, 0.1) is 11.3 Å². The van der Waals surface area contributed by atoms with Gasteiger partial charge in [0.25, 0.3) is 0 Å². The average Bonchev–Trinajstić information content (AvgIpc) is 3.47. The topological polar surface area (TPSA) is 78.9 Å². The molecular weight excluding hydrogens is 356 g/mol. The highest BCUT2D eigenvalue weighted by molar-refractivity contribution is 6.07. The maximum absolute atomic E-state index is 13.3. The van der Waals surface area contributed by atoms with Gasteiger partial charge in [0.1, 0.15) is 11.0 Å². The highest BCUT2D eigenvalue weighted by Crippen LogP contribution is 2.61. The number of aliphatic hydroxyl groups is 1. The largest absolute Gasteiger partial charge is 0.468 e. The quantitative estimate of drug-likeness (QED) is 0.784. The first-order valence-corrected chi connectivity index (χ1v) is 9.85. The number of methoxy groups -OCH3 is 1. The van der Waals surface area contributed by atoms with E-state index in [2.05, 4.69) is 10.2 Å². The summed E-state index contributed by atoms with van der Waals surface area (Å²) in [6.07, 6.45) is 8.47. The molecule has 3 heterocycles. The van der Waals surface area contributed by atoms with Gasteiger partial charge in [-0.25, -0.2) is 0 Å². The van der Waals surface area contributed by atoms with Crippen molar-refractivity contribution in [3.63, 3.8) is 0 Å². The van der Waals surface area contributed by atoms with E-state index in [0.29, 0.717) is 6.54 Å². The first-order chi connectivity index (χ1) is 13.6. The predicted molar refractivity (Wildman–Crippen MR) is 103 cm³/mol. The van der Waals surface area contributed by atoms with Gasteiger partial charge >= 0.3 is 5.97 Å². The summed E-state index contributed by atoms with van der Waals surface area (Å²) in [6.45, 7) is 0.716. The van der Waals surface area contributed by atoms with Crippen molar-refractivity contribution in [2.45, 2.75) is 36.9 Å². The molecule has 0 radical (unpaired) electrons. The minimum absolute atomic E-state index is 0.115. The number of ether oxygens (including phenoxy) is 1. The molecule has 1 amide bonds. The molecule has 3 unspecified atom stereocenters. The van der Waals surface area contributed by atoms with Crippen molar-refractivity contribution in [3.05, 3.63) is 54.1 Å². The Kier molecular flexibility index (Phi) is 3.80. The fourth-order valence-corrected chi connectivity index (χ4v) is 5.99. The zero-order valence-electron chi connectivity index (χ0n) is 15.8. The number of carbonyl (C=O) groups excluding carboxylic acids is 2. The highest BCUT2D eigenvalue weighted by Gasteiger charge is 2.72. The lowest BCUT2D eigenvalue weighted by molar-refractivity contribution is -0.164. The Morgan fingerprint density at radius 2 is 2.07 bits per heavy atom. The molecule has 0 aromatic heterocycles. The van der Waals surface area contributed by atoms with Crippen LogP contribution in [0.1, 0.15) is 24.8 Å². The van der Waals surface area contributed by atoms with Gasteiger partial charge < -0.3 is 15.2 Å². The number of amides is 1. The molecule has 6 nitrogen and oxygen atoms in total. The number of esters is 1. The van der Waals surface area contributed by atoms with Gasteiger partial charge in [-0.15, -0.1) is 0 Å². The van der Waals surface area contributed by atoms with E-state index in [1.807, 2.05) is 48.6 Å². The second kappa shape index (κ2) is 6.03. The fourth-order valence-electron chi connectivity index (χ4n) is 5.99. The summed E-state index contributed by atoms with van der Waals surface area (Å²) in [6, 6.07) is 7.42. The van der Waals surface area contributed by atoms with Gasteiger partial charge in [0.05, 0.1) is 13.2 Å². The number of hydrogen-bond donors (Lipinski definition) is 2. The Hall–Kier alpha value is -2.44. The number of hydrogen-bond acceptors (Lipinski definition) is 5. The van der Waals surface area contributed by atoms with Crippen LogP contribution < -0.4 is 5.32 Å². The number of rotatable bonds is 3. The molecule has 4 aliphatic rings. The summed E-state index contributed by atoms with van der Waals surface area (Å²) in [5.74, 6) is -0.813. The van der Waals surface area contributed by atoms with Crippen LogP contribution >= 0.6 is 0 Å². The van der Waals surface area contributed by atoms with Crippen molar-refractivity contribution in [1.82, 2.24) is 4.90 Å². The average molecular weight is 380 g/mol. The van der Waals surface area contributed by atoms with E-state index in [9.17, 15) is 14.7 Å². The summed E-state index contributed by atoms with van der Waals surface area (Å²) in [5.41, 5.74) is -0.431. The third-order valence-electron chi connectivity index (χ3n) is 7.12. The number of allylic oxidation sites excluding steroid dienone is 2. The summed E-state index contributed by atoms with van der Waals surface area (Å²) in [7, 11) is 1.37. The summed E-state index contributed by atoms with van der Waals surface area (Å²) >= 11 is 0. The third kappa shape index (κ3) is 1.99. The van der Waals surface area contributed by atoms with Gasteiger partial charge in [-0.1, -0.05) is 42.5 Å². The number of nitrogens with zero attached hydrogens (tertiary/aromatic N) is 1. The monoisotopic (exact) mass is 380 g/mol. The number of anilines is 1. The Labute approximate surface area is 163 Å². The molecule has 3 aliphatic heterocycles.